The molecule has 0 aliphatic heterocycles. The molecule has 0 bridgehead atoms. The van der Waals surface area contributed by atoms with Crippen LogP contribution in [0.2, 0.25) is 0 Å². The average molecular weight is 357 g/mol. The van der Waals surface area contributed by atoms with Crippen molar-refractivity contribution in [2.75, 3.05) is 13.7 Å². The molecule has 0 heterocycles. The number of nitrogens with one attached hydrogen (secondary N) is 1. The molecule has 138 valence electrons. The number of aliphatic hydroxyl groups excluding tert-OH is 1. The van der Waals surface area contributed by atoms with Crippen LogP contribution in [0.4, 0.5) is 4.39 Å². The lowest BCUT2D eigenvalue weighted by atomic mass is 9.81. The van der Waals surface area contributed by atoms with E-state index in [4.69, 9.17) is 4.74 Å². The molecule has 26 heavy (non-hydrogen) atoms. The number of ether oxygens (including phenoxy) is 1. The lowest BCUT2D eigenvalue weighted by Gasteiger charge is -2.25. The highest BCUT2D eigenvalue weighted by atomic mass is 19.1. The van der Waals surface area contributed by atoms with E-state index in [9.17, 15) is 14.3 Å². The number of halogens is 1. The van der Waals surface area contributed by atoms with Crippen molar-refractivity contribution in [1.82, 2.24) is 5.32 Å². The lowest BCUT2D eigenvalue weighted by molar-refractivity contribution is -0.122. The van der Waals surface area contributed by atoms with Crippen LogP contribution in [-0.2, 0) is 11.2 Å². The van der Waals surface area contributed by atoms with Crippen LogP contribution in [0.5, 0.6) is 5.75 Å². The molecule has 1 aliphatic rings. The highest BCUT2D eigenvalue weighted by Gasteiger charge is 2.23. The summed E-state index contributed by atoms with van der Waals surface area (Å²) in [5.41, 5.74) is 3.05. The normalized spacial score (nSPS) is 17.3. The van der Waals surface area contributed by atoms with Crippen molar-refractivity contribution in [3.05, 3.63) is 65.0 Å². The molecule has 0 fully saturated rings. The molecule has 2 N–H and O–H groups in total. The fourth-order valence-electron chi connectivity index (χ4n) is 3.54. The van der Waals surface area contributed by atoms with Gasteiger partial charge in [0.2, 0.25) is 5.91 Å². The van der Waals surface area contributed by atoms with Crippen LogP contribution in [0.1, 0.15) is 48.0 Å². The molecule has 0 unspecified atom stereocenters. The third kappa shape index (κ3) is 4.41. The van der Waals surface area contributed by atoms with Crippen LogP contribution >= 0.6 is 0 Å². The Labute approximate surface area is 153 Å². The summed E-state index contributed by atoms with van der Waals surface area (Å²) in [6.07, 6.45) is 2.59. The molecule has 5 heteroatoms. The predicted molar refractivity (Wildman–Crippen MR) is 97.7 cm³/mol. The number of fused-ring (bicyclic) bond motifs is 1. The maximum Gasteiger partial charge on any atom is 0.220 e. The fourth-order valence-corrected chi connectivity index (χ4v) is 3.54. The first kappa shape index (κ1) is 18.4. The van der Waals surface area contributed by atoms with Gasteiger partial charge in [-0.1, -0.05) is 18.2 Å². The van der Waals surface area contributed by atoms with E-state index in [-0.39, 0.29) is 24.2 Å². The molecule has 0 aromatic heterocycles. The van der Waals surface area contributed by atoms with Crippen molar-refractivity contribution in [1.29, 1.82) is 0 Å². The van der Waals surface area contributed by atoms with Gasteiger partial charge in [-0.3, -0.25) is 4.79 Å². The number of benzene rings is 2. The van der Waals surface area contributed by atoms with Crippen molar-refractivity contribution in [3.63, 3.8) is 0 Å². The molecular weight excluding hydrogens is 333 g/mol. The van der Waals surface area contributed by atoms with E-state index < -0.39 is 6.10 Å². The Hall–Kier alpha value is -2.40. The first-order chi connectivity index (χ1) is 12.6. The van der Waals surface area contributed by atoms with Gasteiger partial charge >= 0.3 is 0 Å². The Kier molecular flexibility index (Phi) is 5.89. The minimum absolute atomic E-state index is 0.0835. The van der Waals surface area contributed by atoms with Crippen LogP contribution in [0.3, 0.4) is 0 Å². The average Bonchev–Trinajstić information content (AvgIpc) is 2.66. The molecule has 0 radical (unpaired) electrons. The zero-order valence-electron chi connectivity index (χ0n) is 14.9. The summed E-state index contributed by atoms with van der Waals surface area (Å²) in [5.74, 6) is 0.598. The molecule has 0 saturated heterocycles. The van der Waals surface area contributed by atoms with Crippen molar-refractivity contribution >= 4 is 5.91 Å². The lowest BCUT2D eigenvalue weighted by Crippen LogP contribution is -2.30. The van der Waals surface area contributed by atoms with E-state index in [0.717, 1.165) is 25.0 Å². The Balaban J connectivity index is 1.56. The van der Waals surface area contributed by atoms with E-state index in [1.54, 1.807) is 7.11 Å². The summed E-state index contributed by atoms with van der Waals surface area (Å²) in [7, 11) is 1.65. The highest BCUT2D eigenvalue weighted by molar-refractivity contribution is 5.77. The van der Waals surface area contributed by atoms with Crippen molar-refractivity contribution < 1.29 is 19.0 Å². The van der Waals surface area contributed by atoms with Gasteiger partial charge in [-0.2, -0.15) is 0 Å². The molecule has 1 aliphatic carbocycles. The number of hydrogen-bond donors (Lipinski definition) is 2. The summed E-state index contributed by atoms with van der Waals surface area (Å²) >= 11 is 0. The van der Waals surface area contributed by atoms with Crippen LogP contribution in [-0.4, -0.2) is 24.7 Å². The Morgan fingerprint density at radius 1 is 1.31 bits per heavy atom. The number of carbonyl (C=O) groups excluding carboxylic acids is 1. The Morgan fingerprint density at radius 2 is 2.08 bits per heavy atom. The fraction of sp³-hybridized carbons (Fsp3) is 0.381. The highest BCUT2D eigenvalue weighted by Crippen LogP contribution is 2.35. The summed E-state index contributed by atoms with van der Waals surface area (Å²) in [5, 5.41) is 12.9. The maximum absolute atomic E-state index is 12.9. The van der Waals surface area contributed by atoms with Gasteiger partial charge in [0, 0.05) is 13.0 Å². The molecule has 0 spiro atoms. The van der Waals surface area contributed by atoms with E-state index >= 15 is 0 Å². The largest absolute Gasteiger partial charge is 0.497 e. The maximum atomic E-state index is 12.9. The van der Waals surface area contributed by atoms with Crippen molar-refractivity contribution in [2.45, 2.75) is 37.7 Å². The van der Waals surface area contributed by atoms with Gasteiger partial charge in [0.25, 0.3) is 0 Å². The summed E-state index contributed by atoms with van der Waals surface area (Å²) in [6, 6.07) is 11.7. The predicted octanol–water partition coefficient (Wildman–Crippen LogP) is 3.49. The van der Waals surface area contributed by atoms with Gasteiger partial charge in [0.15, 0.2) is 0 Å². The van der Waals surface area contributed by atoms with Crippen molar-refractivity contribution in [2.24, 2.45) is 0 Å². The van der Waals surface area contributed by atoms with E-state index in [1.807, 2.05) is 6.07 Å². The van der Waals surface area contributed by atoms with E-state index in [2.05, 4.69) is 17.4 Å². The second-order valence-corrected chi connectivity index (χ2v) is 6.73. The number of hydrogen-bond acceptors (Lipinski definition) is 3. The van der Waals surface area contributed by atoms with Crippen LogP contribution in [0, 0.1) is 5.82 Å². The Morgan fingerprint density at radius 3 is 2.81 bits per heavy atom. The number of rotatable bonds is 6. The molecular formula is C21H24FNO3. The first-order valence-electron chi connectivity index (χ1n) is 8.94. The van der Waals surface area contributed by atoms with Gasteiger partial charge in [0.1, 0.15) is 11.6 Å². The number of aliphatic hydroxyl groups is 1. The van der Waals surface area contributed by atoms with Gasteiger partial charge in [0.05, 0.1) is 13.2 Å². The molecule has 2 aromatic carbocycles. The second-order valence-electron chi connectivity index (χ2n) is 6.73. The third-order valence-corrected chi connectivity index (χ3v) is 4.97. The first-order valence-corrected chi connectivity index (χ1v) is 8.94. The van der Waals surface area contributed by atoms with E-state index in [0.29, 0.717) is 12.0 Å². The van der Waals surface area contributed by atoms with Gasteiger partial charge in [-0.25, -0.2) is 4.39 Å². The summed E-state index contributed by atoms with van der Waals surface area (Å²) in [4.78, 5) is 12.3. The standard InChI is InChI=1S/C21H24FNO3/c1-26-18-9-10-19-15(11-18)3-2-4-16(19)12-21(25)23-13-20(24)14-5-7-17(22)8-6-14/h5-11,16,20,24H,2-4,12-13H2,1H3,(H,23,25)/t16-,20-/m0/s1. The SMILES string of the molecule is COc1ccc2c(c1)CCC[C@H]2CC(=O)NC[C@H](O)c1ccc(F)cc1. The summed E-state index contributed by atoms with van der Waals surface area (Å²) < 4.78 is 18.2. The third-order valence-electron chi connectivity index (χ3n) is 4.97. The van der Waals surface area contributed by atoms with Gasteiger partial charge < -0.3 is 15.2 Å². The minimum atomic E-state index is -0.845. The van der Waals surface area contributed by atoms with Crippen LogP contribution < -0.4 is 10.1 Å². The van der Waals surface area contributed by atoms with E-state index in [1.165, 1.54) is 35.4 Å². The number of carbonyl (C=O) groups is 1. The molecule has 0 saturated carbocycles. The monoisotopic (exact) mass is 357 g/mol. The van der Waals surface area contributed by atoms with Crippen LogP contribution in [0.15, 0.2) is 42.5 Å². The topological polar surface area (TPSA) is 58.6 Å². The van der Waals surface area contributed by atoms with Crippen LogP contribution in [0.25, 0.3) is 0 Å². The molecule has 1 amide bonds. The molecule has 4 nitrogen and oxygen atoms in total. The molecule has 3 rings (SSSR count). The number of amides is 1. The quantitative estimate of drug-likeness (QED) is 0.832. The van der Waals surface area contributed by atoms with Gasteiger partial charge in [-0.05, 0) is 66.1 Å². The second kappa shape index (κ2) is 8.32. The molecule has 2 atom stereocenters. The zero-order chi connectivity index (χ0) is 18.5. The summed E-state index contributed by atoms with van der Waals surface area (Å²) in [6.45, 7) is 0.118. The Bertz CT molecular complexity index is 760. The minimum Gasteiger partial charge on any atom is -0.497 e. The smallest absolute Gasteiger partial charge is 0.220 e. The number of aryl methyl sites for hydroxylation is 1. The van der Waals surface area contributed by atoms with Crippen molar-refractivity contribution in [3.8, 4) is 5.75 Å². The van der Waals surface area contributed by atoms with Gasteiger partial charge in [-0.15, -0.1) is 0 Å². The number of methoxy groups -OCH3 is 1. The molecule has 2 aromatic rings. The zero-order valence-corrected chi connectivity index (χ0v) is 14.9.